The number of imide groups is 1. The third-order valence-corrected chi connectivity index (χ3v) is 3.88. The first-order valence-corrected chi connectivity index (χ1v) is 7.65. The van der Waals surface area contributed by atoms with Crippen LogP contribution in [0.2, 0.25) is 0 Å². The van der Waals surface area contributed by atoms with Gasteiger partial charge in [-0.25, -0.2) is 0 Å². The zero-order valence-corrected chi connectivity index (χ0v) is 13.2. The van der Waals surface area contributed by atoms with E-state index in [1.54, 1.807) is 6.92 Å². The standard InChI is InChI=1S/C15H27N3O3/c1-10(2)8-15(3,14(21)17-12(19)9-16)18-13(20)11-6-4-5-7-11/h10-11H,4-9,16H2,1-3H3,(H,18,20)(H,17,19,21)/t15-/m0/s1. The number of carbonyl (C=O) groups excluding carboxylic acids is 3. The van der Waals surface area contributed by atoms with E-state index in [0.29, 0.717) is 6.42 Å². The van der Waals surface area contributed by atoms with Gasteiger partial charge in [-0.15, -0.1) is 0 Å². The van der Waals surface area contributed by atoms with Crippen LogP contribution in [0.25, 0.3) is 0 Å². The molecule has 0 heterocycles. The number of amides is 3. The molecule has 4 N–H and O–H groups in total. The van der Waals surface area contributed by atoms with E-state index in [4.69, 9.17) is 5.73 Å². The summed E-state index contributed by atoms with van der Waals surface area (Å²) in [6.45, 7) is 5.36. The highest BCUT2D eigenvalue weighted by molar-refractivity contribution is 6.02. The van der Waals surface area contributed by atoms with E-state index in [2.05, 4.69) is 10.6 Å². The van der Waals surface area contributed by atoms with Crippen molar-refractivity contribution in [2.45, 2.75) is 58.4 Å². The maximum atomic E-state index is 12.3. The highest BCUT2D eigenvalue weighted by Gasteiger charge is 2.38. The van der Waals surface area contributed by atoms with E-state index in [1.165, 1.54) is 0 Å². The fourth-order valence-corrected chi connectivity index (χ4v) is 2.89. The third-order valence-electron chi connectivity index (χ3n) is 3.88. The second kappa shape index (κ2) is 7.54. The molecule has 1 saturated carbocycles. The molecule has 6 heteroatoms. The summed E-state index contributed by atoms with van der Waals surface area (Å²) in [4.78, 5) is 35.9. The molecule has 21 heavy (non-hydrogen) atoms. The lowest BCUT2D eigenvalue weighted by Gasteiger charge is -2.32. The first-order chi connectivity index (χ1) is 9.78. The van der Waals surface area contributed by atoms with Crippen LogP contribution < -0.4 is 16.4 Å². The Morgan fingerprint density at radius 3 is 2.29 bits per heavy atom. The lowest BCUT2D eigenvalue weighted by atomic mass is 9.88. The van der Waals surface area contributed by atoms with Gasteiger partial charge in [0.05, 0.1) is 6.54 Å². The zero-order chi connectivity index (χ0) is 16.0. The first-order valence-electron chi connectivity index (χ1n) is 7.65. The average Bonchev–Trinajstić information content (AvgIpc) is 2.91. The van der Waals surface area contributed by atoms with Crippen LogP contribution in [0, 0.1) is 11.8 Å². The van der Waals surface area contributed by atoms with Crippen molar-refractivity contribution < 1.29 is 14.4 Å². The topological polar surface area (TPSA) is 101 Å². The summed E-state index contributed by atoms with van der Waals surface area (Å²) in [7, 11) is 0. The van der Waals surface area contributed by atoms with Crippen LogP contribution in [-0.2, 0) is 14.4 Å². The molecule has 3 amide bonds. The van der Waals surface area contributed by atoms with E-state index in [0.717, 1.165) is 25.7 Å². The predicted octanol–water partition coefficient (Wildman–Crippen LogP) is 0.699. The largest absolute Gasteiger partial charge is 0.342 e. The predicted molar refractivity (Wildman–Crippen MR) is 80.2 cm³/mol. The highest BCUT2D eigenvalue weighted by atomic mass is 16.2. The Labute approximate surface area is 126 Å². The fourth-order valence-electron chi connectivity index (χ4n) is 2.89. The molecule has 6 nitrogen and oxygen atoms in total. The minimum atomic E-state index is -1.08. The highest BCUT2D eigenvalue weighted by Crippen LogP contribution is 2.26. The monoisotopic (exact) mass is 297 g/mol. The number of hydrogen-bond acceptors (Lipinski definition) is 4. The van der Waals surface area contributed by atoms with Crippen molar-refractivity contribution in [3.63, 3.8) is 0 Å². The number of hydrogen-bond donors (Lipinski definition) is 3. The molecule has 0 aromatic rings. The van der Waals surface area contributed by atoms with Gasteiger partial charge in [0.2, 0.25) is 11.8 Å². The van der Waals surface area contributed by atoms with E-state index < -0.39 is 17.4 Å². The Kier molecular flexibility index (Phi) is 6.33. The summed E-state index contributed by atoms with van der Waals surface area (Å²) in [5.74, 6) is -0.929. The summed E-state index contributed by atoms with van der Waals surface area (Å²) in [5, 5.41) is 5.11. The molecule has 1 fully saturated rings. The summed E-state index contributed by atoms with van der Waals surface area (Å²) in [6.07, 6.45) is 4.31. The Morgan fingerprint density at radius 2 is 1.81 bits per heavy atom. The molecule has 1 aliphatic rings. The molecule has 0 spiro atoms. The van der Waals surface area contributed by atoms with E-state index in [9.17, 15) is 14.4 Å². The van der Waals surface area contributed by atoms with Crippen molar-refractivity contribution in [2.75, 3.05) is 6.54 Å². The SMILES string of the molecule is CC(C)C[C@](C)(NC(=O)C1CCCC1)C(=O)NC(=O)CN. The van der Waals surface area contributed by atoms with E-state index in [1.807, 2.05) is 13.8 Å². The molecular formula is C15H27N3O3. The van der Waals surface area contributed by atoms with Gasteiger partial charge in [-0.1, -0.05) is 26.7 Å². The molecule has 1 rings (SSSR count). The van der Waals surface area contributed by atoms with Crippen molar-refractivity contribution in [1.82, 2.24) is 10.6 Å². The minimum absolute atomic E-state index is 0.0190. The van der Waals surface area contributed by atoms with Crippen molar-refractivity contribution >= 4 is 17.7 Å². The summed E-state index contributed by atoms with van der Waals surface area (Å²) in [5.41, 5.74) is 4.13. The lowest BCUT2D eigenvalue weighted by molar-refractivity contribution is -0.138. The van der Waals surface area contributed by atoms with Crippen LogP contribution in [0.5, 0.6) is 0 Å². The molecule has 0 aliphatic heterocycles. The first kappa shape index (κ1) is 17.6. The van der Waals surface area contributed by atoms with Crippen molar-refractivity contribution in [1.29, 1.82) is 0 Å². The molecule has 0 bridgehead atoms. The number of nitrogens with one attached hydrogen (secondary N) is 2. The molecule has 0 aromatic carbocycles. The van der Waals surface area contributed by atoms with Crippen LogP contribution in [0.1, 0.15) is 52.9 Å². The molecule has 1 aliphatic carbocycles. The maximum absolute atomic E-state index is 12.3. The summed E-state index contributed by atoms with van der Waals surface area (Å²) in [6, 6.07) is 0. The molecule has 0 radical (unpaired) electrons. The fraction of sp³-hybridized carbons (Fsp3) is 0.800. The third kappa shape index (κ3) is 5.12. The number of carbonyl (C=O) groups is 3. The normalized spacial score (nSPS) is 18.3. The lowest BCUT2D eigenvalue weighted by Crippen LogP contribution is -2.59. The molecule has 0 unspecified atom stereocenters. The zero-order valence-electron chi connectivity index (χ0n) is 13.2. The van der Waals surface area contributed by atoms with Gasteiger partial charge in [-0.2, -0.15) is 0 Å². The van der Waals surface area contributed by atoms with Gasteiger partial charge in [0.15, 0.2) is 0 Å². The van der Waals surface area contributed by atoms with Crippen LogP contribution in [-0.4, -0.2) is 29.8 Å². The molecule has 0 aromatic heterocycles. The van der Waals surface area contributed by atoms with Crippen molar-refractivity contribution in [2.24, 2.45) is 17.6 Å². The maximum Gasteiger partial charge on any atom is 0.252 e. The smallest absolute Gasteiger partial charge is 0.252 e. The molecule has 1 atom stereocenters. The molecule has 0 saturated heterocycles. The second-order valence-corrected chi connectivity index (χ2v) is 6.48. The van der Waals surface area contributed by atoms with Gasteiger partial charge in [-0.05, 0) is 32.1 Å². The van der Waals surface area contributed by atoms with Gasteiger partial charge in [-0.3, -0.25) is 19.7 Å². The second-order valence-electron chi connectivity index (χ2n) is 6.48. The van der Waals surface area contributed by atoms with Gasteiger partial charge in [0.25, 0.3) is 5.91 Å². The molecular weight excluding hydrogens is 270 g/mol. The van der Waals surface area contributed by atoms with Crippen LogP contribution in [0.3, 0.4) is 0 Å². The van der Waals surface area contributed by atoms with Gasteiger partial charge in [0, 0.05) is 5.92 Å². The van der Waals surface area contributed by atoms with Crippen LogP contribution in [0.4, 0.5) is 0 Å². The quantitative estimate of drug-likeness (QED) is 0.671. The summed E-state index contributed by atoms with van der Waals surface area (Å²) >= 11 is 0. The molecule has 120 valence electrons. The van der Waals surface area contributed by atoms with E-state index >= 15 is 0 Å². The number of rotatable bonds is 6. The average molecular weight is 297 g/mol. The van der Waals surface area contributed by atoms with Crippen molar-refractivity contribution in [3.8, 4) is 0 Å². The summed E-state index contributed by atoms with van der Waals surface area (Å²) < 4.78 is 0. The van der Waals surface area contributed by atoms with Crippen LogP contribution in [0.15, 0.2) is 0 Å². The Balaban J connectivity index is 2.78. The van der Waals surface area contributed by atoms with Gasteiger partial charge < -0.3 is 11.1 Å². The number of nitrogens with two attached hydrogens (primary N) is 1. The van der Waals surface area contributed by atoms with Gasteiger partial charge in [0.1, 0.15) is 5.54 Å². The van der Waals surface area contributed by atoms with Gasteiger partial charge >= 0.3 is 0 Å². The van der Waals surface area contributed by atoms with Crippen LogP contribution >= 0.6 is 0 Å². The Bertz CT molecular complexity index is 403. The Hall–Kier alpha value is -1.43. The van der Waals surface area contributed by atoms with Crippen molar-refractivity contribution in [3.05, 3.63) is 0 Å². The minimum Gasteiger partial charge on any atom is -0.342 e. The van der Waals surface area contributed by atoms with E-state index in [-0.39, 0.29) is 24.3 Å². The Morgan fingerprint density at radius 1 is 1.24 bits per heavy atom.